The Kier molecular flexibility index (Phi) is 3.96. The van der Waals surface area contributed by atoms with E-state index in [0.717, 1.165) is 32.5 Å². The highest BCUT2D eigenvalue weighted by atomic mass is 79.9. The molecule has 0 aliphatic carbocycles. The van der Waals surface area contributed by atoms with Gasteiger partial charge in [0.15, 0.2) is 0 Å². The molecule has 19 heavy (non-hydrogen) atoms. The summed E-state index contributed by atoms with van der Waals surface area (Å²) in [6, 6.07) is 5.99. The van der Waals surface area contributed by atoms with Crippen LogP contribution in [0.15, 0.2) is 22.7 Å². The number of nitrogen functional groups attached to an aromatic ring is 1. The molecule has 0 aliphatic heterocycles. The van der Waals surface area contributed by atoms with Crippen molar-refractivity contribution in [3.05, 3.63) is 38.7 Å². The van der Waals surface area contributed by atoms with Crippen molar-refractivity contribution in [1.82, 2.24) is 0 Å². The molecule has 2 rings (SSSR count). The summed E-state index contributed by atoms with van der Waals surface area (Å²) in [5, 5.41) is 9.19. The molecule has 0 fully saturated rings. The number of carboxylic acids is 1. The largest absolute Gasteiger partial charge is 0.477 e. The fourth-order valence-corrected chi connectivity index (χ4v) is 3.64. The van der Waals surface area contributed by atoms with E-state index < -0.39 is 5.97 Å². The van der Waals surface area contributed by atoms with E-state index in [1.54, 1.807) is 0 Å². The third-order valence-electron chi connectivity index (χ3n) is 3.04. The van der Waals surface area contributed by atoms with Crippen molar-refractivity contribution < 1.29 is 9.90 Å². The number of nitrogens with two attached hydrogens (primary N) is 1. The van der Waals surface area contributed by atoms with E-state index in [-0.39, 0.29) is 4.88 Å². The van der Waals surface area contributed by atoms with Crippen LogP contribution in [-0.2, 0) is 6.42 Å². The van der Waals surface area contributed by atoms with Crippen LogP contribution in [0.25, 0.3) is 10.4 Å². The van der Waals surface area contributed by atoms with Crippen LogP contribution in [0.1, 0.15) is 27.7 Å². The average molecular weight is 340 g/mol. The molecule has 3 nitrogen and oxygen atoms in total. The quantitative estimate of drug-likeness (QED) is 0.874. The molecule has 0 aliphatic rings. The van der Waals surface area contributed by atoms with Gasteiger partial charge in [0.05, 0.1) is 5.69 Å². The number of hydrogen-bond donors (Lipinski definition) is 2. The van der Waals surface area contributed by atoms with Crippen molar-refractivity contribution in [3.63, 3.8) is 0 Å². The fraction of sp³-hybridized carbons (Fsp3) is 0.214. The Morgan fingerprint density at radius 3 is 2.74 bits per heavy atom. The van der Waals surface area contributed by atoms with Gasteiger partial charge < -0.3 is 10.8 Å². The first-order valence-corrected chi connectivity index (χ1v) is 7.47. The number of hydrogen-bond acceptors (Lipinski definition) is 3. The van der Waals surface area contributed by atoms with E-state index in [4.69, 9.17) is 5.73 Å². The molecular weight excluding hydrogens is 326 g/mol. The van der Waals surface area contributed by atoms with Crippen molar-refractivity contribution in [1.29, 1.82) is 0 Å². The topological polar surface area (TPSA) is 63.3 Å². The standard InChI is InChI=1S/C14H14BrNO2S/c1-3-9-11(16)13(14(17)18)19-12(9)10-6-8(15)5-4-7(10)2/h4-6H,3,16H2,1-2H3,(H,17,18). The molecule has 1 heterocycles. The van der Waals surface area contributed by atoms with Crippen molar-refractivity contribution >= 4 is 38.9 Å². The smallest absolute Gasteiger partial charge is 0.348 e. The van der Waals surface area contributed by atoms with Gasteiger partial charge in [-0.05, 0) is 42.2 Å². The SMILES string of the molecule is CCc1c(-c2cc(Br)ccc2C)sc(C(=O)O)c1N. The molecule has 100 valence electrons. The minimum absolute atomic E-state index is 0.228. The Morgan fingerprint density at radius 1 is 1.47 bits per heavy atom. The monoisotopic (exact) mass is 339 g/mol. The molecule has 0 unspecified atom stereocenters. The lowest BCUT2D eigenvalue weighted by atomic mass is 10.0. The molecule has 5 heteroatoms. The zero-order valence-electron chi connectivity index (χ0n) is 10.7. The lowest BCUT2D eigenvalue weighted by Crippen LogP contribution is -1.99. The van der Waals surface area contributed by atoms with Gasteiger partial charge in [-0.25, -0.2) is 4.79 Å². The second-order valence-corrected chi connectivity index (χ2v) is 6.21. The lowest BCUT2D eigenvalue weighted by molar-refractivity contribution is 0.0703. The fourth-order valence-electron chi connectivity index (χ4n) is 2.04. The first kappa shape index (κ1) is 14.1. The zero-order chi connectivity index (χ0) is 14.2. The van der Waals surface area contributed by atoms with Crippen LogP contribution in [0.4, 0.5) is 5.69 Å². The van der Waals surface area contributed by atoms with Crippen molar-refractivity contribution in [3.8, 4) is 10.4 Å². The minimum atomic E-state index is -0.962. The molecule has 2 aromatic rings. The van der Waals surface area contributed by atoms with Crippen molar-refractivity contribution in [2.45, 2.75) is 20.3 Å². The van der Waals surface area contributed by atoms with E-state index in [9.17, 15) is 9.90 Å². The minimum Gasteiger partial charge on any atom is -0.477 e. The van der Waals surface area contributed by atoms with Crippen LogP contribution in [0, 0.1) is 6.92 Å². The van der Waals surface area contributed by atoms with Crippen molar-refractivity contribution in [2.75, 3.05) is 5.73 Å². The van der Waals surface area contributed by atoms with Gasteiger partial charge in [-0.15, -0.1) is 11.3 Å². The summed E-state index contributed by atoms with van der Waals surface area (Å²) < 4.78 is 0.971. The molecule has 0 amide bonds. The Labute approximate surface area is 124 Å². The van der Waals surface area contributed by atoms with E-state index in [1.165, 1.54) is 11.3 Å². The molecule has 1 aromatic carbocycles. The highest BCUT2D eigenvalue weighted by Crippen LogP contribution is 2.41. The van der Waals surface area contributed by atoms with E-state index in [2.05, 4.69) is 15.9 Å². The predicted octanol–water partition coefficient (Wildman–Crippen LogP) is 4.33. The van der Waals surface area contributed by atoms with Gasteiger partial charge in [0.2, 0.25) is 0 Å². The number of benzene rings is 1. The second kappa shape index (κ2) is 5.35. The maximum Gasteiger partial charge on any atom is 0.348 e. The number of halogens is 1. The molecule has 0 atom stereocenters. The molecule has 3 N–H and O–H groups in total. The number of aromatic carboxylic acids is 1. The first-order chi connectivity index (χ1) is 8.95. The van der Waals surface area contributed by atoms with Crippen LogP contribution in [0.5, 0.6) is 0 Å². The average Bonchev–Trinajstić information content (AvgIpc) is 2.69. The normalized spacial score (nSPS) is 10.7. The summed E-state index contributed by atoms with van der Waals surface area (Å²) in [4.78, 5) is 12.4. The number of carboxylic acid groups (broad SMARTS) is 1. The third-order valence-corrected chi connectivity index (χ3v) is 4.80. The molecule has 0 spiro atoms. The van der Waals surface area contributed by atoms with Gasteiger partial charge in [-0.1, -0.05) is 28.9 Å². The third kappa shape index (κ3) is 2.53. The maximum atomic E-state index is 11.2. The second-order valence-electron chi connectivity index (χ2n) is 4.27. The van der Waals surface area contributed by atoms with Gasteiger partial charge >= 0.3 is 5.97 Å². The molecule has 0 saturated carbocycles. The highest BCUT2D eigenvalue weighted by molar-refractivity contribution is 9.10. The Balaban J connectivity index is 2.71. The van der Waals surface area contributed by atoms with Gasteiger partial charge in [0.1, 0.15) is 4.88 Å². The number of thiophene rings is 1. The molecule has 0 saturated heterocycles. The summed E-state index contributed by atoms with van der Waals surface area (Å²) in [6.07, 6.45) is 0.719. The van der Waals surface area contributed by atoms with E-state index in [0.29, 0.717) is 5.69 Å². The van der Waals surface area contributed by atoms with Crippen molar-refractivity contribution in [2.24, 2.45) is 0 Å². The Hall–Kier alpha value is -1.33. The first-order valence-electron chi connectivity index (χ1n) is 5.86. The van der Waals surface area contributed by atoms with Gasteiger partial charge in [-0.2, -0.15) is 0 Å². The van der Waals surface area contributed by atoms with Crippen LogP contribution in [-0.4, -0.2) is 11.1 Å². The number of carbonyl (C=O) groups is 1. The predicted molar refractivity (Wildman–Crippen MR) is 82.9 cm³/mol. The van der Waals surface area contributed by atoms with E-state index >= 15 is 0 Å². The molecule has 1 aromatic heterocycles. The molecule has 0 radical (unpaired) electrons. The number of rotatable bonds is 3. The highest BCUT2D eigenvalue weighted by Gasteiger charge is 2.21. The summed E-state index contributed by atoms with van der Waals surface area (Å²) in [6.45, 7) is 4.00. The van der Waals surface area contributed by atoms with Crippen LogP contribution in [0.3, 0.4) is 0 Å². The Bertz CT molecular complexity index is 649. The molecule has 0 bridgehead atoms. The summed E-state index contributed by atoms with van der Waals surface area (Å²) in [5.41, 5.74) is 9.42. The zero-order valence-corrected chi connectivity index (χ0v) is 13.1. The lowest BCUT2D eigenvalue weighted by Gasteiger charge is -2.07. The number of aryl methyl sites for hydroxylation is 1. The summed E-state index contributed by atoms with van der Waals surface area (Å²) in [5.74, 6) is -0.962. The van der Waals surface area contributed by atoms with Gasteiger partial charge in [-0.3, -0.25) is 0 Å². The summed E-state index contributed by atoms with van der Waals surface area (Å²) in [7, 11) is 0. The van der Waals surface area contributed by atoms with Gasteiger partial charge in [0, 0.05) is 9.35 Å². The number of anilines is 1. The Morgan fingerprint density at radius 2 is 2.16 bits per heavy atom. The summed E-state index contributed by atoms with van der Waals surface area (Å²) >= 11 is 4.70. The molecular formula is C14H14BrNO2S. The van der Waals surface area contributed by atoms with Crippen LogP contribution in [0.2, 0.25) is 0 Å². The van der Waals surface area contributed by atoms with Crippen LogP contribution >= 0.6 is 27.3 Å². The maximum absolute atomic E-state index is 11.2. The van der Waals surface area contributed by atoms with Crippen LogP contribution < -0.4 is 5.73 Å². The van der Waals surface area contributed by atoms with E-state index in [1.807, 2.05) is 32.0 Å². The van der Waals surface area contributed by atoms with Gasteiger partial charge in [0.25, 0.3) is 0 Å².